The molecule has 0 unspecified atom stereocenters. The second-order valence-corrected chi connectivity index (χ2v) is 5.17. The molecule has 1 amide bonds. The number of carbonyl (C=O) groups excluding carboxylic acids is 1. The minimum absolute atomic E-state index is 0.0133. The summed E-state index contributed by atoms with van der Waals surface area (Å²) in [5, 5.41) is 3.23. The molecule has 2 rings (SSSR count). The molecule has 0 spiro atoms. The van der Waals surface area contributed by atoms with Gasteiger partial charge in [0.15, 0.2) is 11.6 Å². The normalized spacial score (nSPS) is 18.6. The first-order valence-electron chi connectivity index (χ1n) is 7.16. The van der Waals surface area contributed by atoms with Gasteiger partial charge in [0, 0.05) is 38.2 Å². The van der Waals surface area contributed by atoms with Crippen LogP contribution in [0, 0.1) is 11.6 Å². The van der Waals surface area contributed by atoms with Gasteiger partial charge < -0.3 is 15.0 Å². The summed E-state index contributed by atoms with van der Waals surface area (Å²) in [5.74, 6) is -1.26. The number of nitrogens with zero attached hydrogens (tertiary/aromatic N) is 1. The van der Waals surface area contributed by atoms with Crippen molar-refractivity contribution < 1.29 is 18.3 Å². The number of amides is 1. The molecule has 1 N–H and O–H groups in total. The van der Waals surface area contributed by atoms with Crippen molar-refractivity contribution in [1.29, 1.82) is 0 Å². The fraction of sp³-hybridized carbons (Fsp3) is 0.533. The summed E-state index contributed by atoms with van der Waals surface area (Å²) in [6.07, 6.45) is 0.874. The maximum atomic E-state index is 13.3. The van der Waals surface area contributed by atoms with Crippen LogP contribution in [-0.4, -0.2) is 43.1 Å². The average molecular weight is 298 g/mol. The van der Waals surface area contributed by atoms with Gasteiger partial charge in [-0.15, -0.1) is 0 Å². The predicted molar refractivity (Wildman–Crippen MR) is 75.1 cm³/mol. The second-order valence-electron chi connectivity index (χ2n) is 5.17. The van der Waals surface area contributed by atoms with Gasteiger partial charge in [-0.1, -0.05) is 0 Å². The molecule has 0 bridgehead atoms. The molecular formula is C15H20F2N2O2. The van der Waals surface area contributed by atoms with Gasteiger partial charge in [-0.3, -0.25) is 4.79 Å². The van der Waals surface area contributed by atoms with E-state index in [4.69, 9.17) is 4.74 Å². The van der Waals surface area contributed by atoms with E-state index >= 15 is 0 Å². The number of rotatable bonds is 5. The minimum Gasteiger partial charge on any atom is -0.491 e. The number of hydrogen-bond acceptors (Lipinski definition) is 3. The van der Waals surface area contributed by atoms with Crippen LogP contribution >= 0.6 is 0 Å². The van der Waals surface area contributed by atoms with Gasteiger partial charge in [-0.2, -0.15) is 0 Å². The van der Waals surface area contributed by atoms with E-state index in [1.54, 1.807) is 0 Å². The van der Waals surface area contributed by atoms with Crippen LogP contribution in [0.4, 0.5) is 8.78 Å². The highest BCUT2D eigenvalue weighted by molar-refractivity contribution is 5.76. The lowest BCUT2D eigenvalue weighted by Gasteiger charge is -2.34. The molecule has 116 valence electrons. The van der Waals surface area contributed by atoms with Crippen molar-refractivity contribution >= 4 is 5.91 Å². The summed E-state index contributed by atoms with van der Waals surface area (Å²) in [6, 6.07) is 3.38. The van der Waals surface area contributed by atoms with E-state index in [0.29, 0.717) is 19.4 Å². The second kappa shape index (κ2) is 7.36. The van der Waals surface area contributed by atoms with E-state index in [9.17, 15) is 13.6 Å². The molecule has 1 heterocycles. The molecule has 1 atom stereocenters. The number of carbonyl (C=O) groups is 1. The lowest BCUT2D eigenvalue weighted by Crippen LogP contribution is -2.52. The molecule has 0 aromatic heterocycles. The van der Waals surface area contributed by atoms with Gasteiger partial charge in [0.25, 0.3) is 0 Å². The Labute approximate surface area is 123 Å². The largest absolute Gasteiger partial charge is 0.491 e. The molecule has 21 heavy (non-hydrogen) atoms. The summed E-state index contributed by atoms with van der Waals surface area (Å²) in [7, 11) is 0. The molecule has 1 aliphatic heterocycles. The zero-order chi connectivity index (χ0) is 15.2. The SMILES string of the molecule is C[C@H]1CNCCN1C(=O)CCCOc1ccc(F)cc1F. The van der Waals surface area contributed by atoms with Crippen LogP contribution < -0.4 is 10.1 Å². The highest BCUT2D eigenvalue weighted by Gasteiger charge is 2.22. The highest BCUT2D eigenvalue weighted by Crippen LogP contribution is 2.18. The molecule has 1 aromatic rings. The summed E-state index contributed by atoms with van der Waals surface area (Å²) >= 11 is 0. The average Bonchev–Trinajstić information content (AvgIpc) is 2.45. The highest BCUT2D eigenvalue weighted by atomic mass is 19.1. The van der Waals surface area contributed by atoms with Crippen LogP contribution in [-0.2, 0) is 4.79 Å². The van der Waals surface area contributed by atoms with Crippen LogP contribution in [0.15, 0.2) is 18.2 Å². The maximum absolute atomic E-state index is 13.3. The Balaban J connectivity index is 1.73. The fourth-order valence-corrected chi connectivity index (χ4v) is 2.35. The quantitative estimate of drug-likeness (QED) is 0.845. The molecule has 0 saturated carbocycles. The van der Waals surface area contributed by atoms with E-state index in [0.717, 1.165) is 25.2 Å². The summed E-state index contributed by atoms with van der Waals surface area (Å²) in [5.41, 5.74) is 0. The predicted octanol–water partition coefficient (Wildman–Crippen LogP) is 1.94. The molecule has 6 heteroatoms. The first-order valence-corrected chi connectivity index (χ1v) is 7.16. The first-order chi connectivity index (χ1) is 10.1. The number of benzene rings is 1. The Morgan fingerprint density at radius 2 is 2.29 bits per heavy atom. The Hall–Kier alpha value is -1.69. The van der Waals surface area contributed by atoms with Crippen molar-refractivity contribution in [2.75, 3.05) is 26.2 Å². The van der Waals surface area contributed by atoms with E-state index in [1.807, 2.05) is 11.8 Å². The van der Waals surface area contributed by atoms with Crippen molar-refractivity contribution in [2.45, 2.75) is 25.8 Å². The number of ether oxygens (including phenoxy) is 1. The van der Waals surface area contributed by atoms with Gasteiger partial charge in [0.1, 0.15) is 5.82 Å². The zero-order valence-electron chi connectivity index (χ0n) is 12.1. The Morgan fingerprint density at radius 3 is 3.00 bits per heavy atom. The lowest BCUT2D eigenvalue weighted by molar-refractivity contribution is -0.134. The molecule has 1 saturated heterocycles. The molecule has 1 fully saturated rings. The van der Waals surface area contributed by atoms with Crippen LogP contribution in [0.25, 0.3) is 0 Å². The number of piperazine rings is 1. The molecule has 1 aliphatic rings. The number of nitrogens with one attached hydrogen (secondary N) is 1. The van der Waals surface area contributed by atoms with Crippen LogP contribution in [0.2, 0.25) is 0 Å². The standard InChI is InChI=1S/C15H20F2N2O2/c1-11-10-18-6-7-19(11)15(20)3-2-8-21-14-5-4-12(16)9-13(14)17/h4-5,9,11,18H,2-3,6-8,10H2,1H3/t11-/m0/s1. The van der Waals surface area contributed by atoms with Crippen molar-refractivity contribution in [3.05, 3.63) is 29.8 Å². The smallest absolute Gasteiger partial charge is 0.223 e. The fourth-order valence-electron chi connectivity index (χ4n) is 2.35. The molecule has 0 radical (unpaired) electrons. The third kappa shape index (κ3) is 4.39. The maximum Gasteiger partial charge on any atom is 0.223 e. The topological polar surface area (TPSA) is 41.6 Å². The monoisotopic (exact) mass is 298 g/mol. The summed E-state index contributed by atoms with van der Waals surface area (Å²) in [6.45, 7) is 4.58. The van der Waals surface area contributed by atoms with Gasteiger partial charge in [-0.25, -0.2) is 8.78 Å². The summed E-state index contributed by atoms with van der Waals surface area (Å²) < 4.78 is 31.3. The van der Waals surface area contributed by atoms with E-state index in [2.05, 4.69) is 5.32 Å². The minimum atomic E-state index is -0.725. The van der Waals surface area contributed by atoms with Gasteiger partial charge in [-0.05, 0) is 25.5 Å². The Kier molecular flexibility index (Phi) is 5.50. The number of halogens is 2. The Morgan fingerprint density at radius 1 is 1.48 bits per heavy atom. The molecule has 0 aliphatic carbocycles. The van der Waals surface area contributed by atoms with Crippen molar-refractivity contribution in [3.63, 3.8) is 0 Å². The van der Waals surface area contributed by atoms with Gasteiger partial charge in [0.2, 0.25) is 5.91 Å². The lowest BCUT2D eigenvalue weighted by atomic mass is 10.2. The molecule has 4 nitrogen and oxygen atoms in total. The van der Waals surface area contributed by atoms with Gasteiger partial charge >= 0.3 is 0 Å². The number of hydrogen-bond donors (Lipinski definition) is 1. The van der Waals surface area contributed by atoms with Crippen LogP contribution in [0.1, 0.15) is 19.8 Å². The first kappa shape index (κ1) is 15.7. The van der Waals surface area contributed by atoms with Crippen molar-refractivity contribution in [3.8, 4) is 5.75 Å². The van der Waals surface area contributed by atoms with Crippen LogP contribution in [0.3, 0.4) is 0 Å². The third-order valence-electron chi connectivity index (χ3n) is 3.51. The van der Waals surface area contributed by atoms with E-state index < -0.39 is 11.6 Å². The molecular weight excluding hydrogens is 278 g/mol. The van der Waals surface area contributed by atoms with Crippen LogP contribution in [0.5, 0.6) is 5.75 Å². The summed E-state index contributed by atoms with van der Waals surface area (Å²) in [4.78, 5) is 13.9. The van der Waals surface area contributed by atoms with Crippen molar-refractivity contribution in [2.24, 2.45) is 0 Å². The van der Waals surface area contributed by atoms with E-state index in [-0.39, 0.29) is 24.3 Å². The van der Waals surface area contributed by atoms with Crippen molar-refractivity contribution in [1.82, 2.24) is 10.2 Å². The Bertz CT molecular complexity index is 497. The third-order valence-corrected chi connectivity index (χ3v) is 3.51. The molecule has 1 aromatic carbocycles. The van der Waals surface area contributed by atoms with Gasteiger partial charge in [0.05, 0.1) is 6.61 Å². The van der Waals surface area contributed by atoms with E-state index in [1.165, 1.54) is 6.07 Å². The zero-order valence-corrected chi connectivity index (χ0v) is 12.1.